The summed E-state index contributed by atoms with van der Waals surface area (Å²) < 4.78 is 5.13. The van der Waals surface area contributed by atoms with Gasteiger partial charge in [-0.25, -0.2) is 0 Å². The maximum absolute atomic E-state index is 11.9. The molecule has 0 aliphatic heterocycles. The van der Waals surface area contributed by atoms with Gasteiger partial charge in [0.05, 0.1) is 7.11 Å². The summed E-state index contributed by atoms with van der Waals surface area (Å²) in [5.74, 6) is 0.542. The van der Waals surface area contributed by atoms with Crippen LogP contribution in [0.25, 0.3) is 6.08 Å². The number of carbonyl (C=O) groups is 1. The van der Waals surface area contributed by atoms with Gasteiger partial charge in [-0.1, -0.05) is 29.8 Å². The molecule has 2 aromatic carbocycles. The second-order valence-electron chi connectivity index (χ2n) is 4.56. The average molecular weight is 302 g/mol. The summed E-state index contributed by atoms with van der Waals surface area (Å²) in [7, 11) is 1.61. The predicted molar refractivity (Wildman–Crippen MR) is 86.8 cm³/mol. The smallest absolute Gasteiger partial charge is 0.248 e. The van der Waals surface area contributed by atoms with Crippen molar-refractivity contribution in [2.75, 3.05) is 12.4 Å². The molecule has 0 aliphatic carbocycles. The molecule has 0 radical (unpaired) electrons. The molecule has 0 unspecified atom stereocenters. The number of rotatable bonds is 4. The Morgan fingerprint density at radius 2 is 2.05 bits per heavy atom. The number of hydrogen-bond donors (Lipinski definition) is 1. The summed E-state index contributed by atoms with van der Waals surface area (Å²) >= 11 is 6.02. The molecule has 0 saturated heterocycles. The lowest BCUT2D eigenvalue weighted by atomic mass is 10.2. The zero-order valence-electron chi connectivity index (χ0n) is 11.9. The van der Waals surface area contributed by atoms with E-state index in [-0.39, 0.29) is 5.91 Å². The Kier molecular flexibility index (Phi) is 5.01. The lowest BCUT2D eigenvalue weighted by Gasteiger charge is -2.04. The second kappa shape index (κ2) is 6.95. The number of halogens is 1. The first kappa shape index (κ1) is 15.1. The third-order valence-corrected chi connectivity index (χ3v) is 3.37. The highest BCUT2D eigenvalue weighted by Gasteiger charge is 2.01. The Morgan fingerprint density at radius 3 is 2.76 bits per heavy atom. The average Bonchev–Trinajstić information content (AvgIpc) is 2.49. The van der Waals surface area contributed by atoms with Crippen LogP contribution in [0.15, 0.2) is 48.5 Å². The maximum atomic E-state index is 11.9. The van der Waals surface area contributed by atoms with Gasteiger partial charge in [-0.2, -0.15) is 0 Å². The molecule has 0 heterocycles. The summed E-state index contributed by atoms with van der Waals surface area (Å²) in [6, 6.07) is 12.9. The van der Waals surface area contributed by atoms with Gasteiger partial charge in [0.1, 0.15) is 5.75 Å². The Bertz CT molecular complexity index is 680. The summed E-state index contributed by atoms with van der Waals surface area (Å²) in [5, 5.41) is 3.40. The SMILES string of the molecule is COc1cccc(/C=C/C(=O)Nc2ccc(C)c(Cl)c2)c1. The first-order chi connectivity index (χ1) is 10.1. The van der Waals surface area contributed by atoms with Crippen molar-refractivity contribution in [3.8, 4) is 5.75 Å². The Hall–Kier alpha value is -2.26. The number of anilines is 1. The molecule has 0 bridgehead atoms. The fourth-order valence-corrected chi connectivity index (χ4v) is 1.95. The third kappa shape index (κ3) is 4.36. The highest BCUT2D eigenvalue weighted by Crippen LogP contribution is 2.20. The molecular formula is C17H16ClNO2. The van der Waals surface area contributed by atoms with E-state index in [4.69, 9.17) is 16.3 Å². The van der Waals surface area contributed by atoms with Crippen LogP contribution < -0.4 is 10.1 Å². The van der Waals surface area contributed by atoms with Crippen LogP contribution in [0.4, 0.5) is 5.69 Å². The van der Waals surface area contributed by atoms with E-state index in [1.54, 1.807) is 19.3 Å². The molecule has 2 aromatic rings. The van der Waals surface area contributed by atoms with Crippen molar-refractivity contribution in [3.05, 3.63) is 64.7 Å². The Morgan fingerprint density at radius 1 is 1.24 bits per heavy atom. The lowest BCUT2D eigenvalue weighted by molar-refractivity contribution is -0.111. The quantitative estimate of drug-likeness (QED) is 0.855. The van der Waals surface area contributed by atoms with E-state index in [1.165, 1.54) is 6.08 Å². The number of methoxy groups -OCH3 is 1. The second-order valence-corrected chi connectivity index (χ2v) is 4.97. The molecule has 4 heteroatoms. The maximum Gasteiger partial charge on any atom is 0.248 e. The van der Waals surface area contributed by atoms with Crippen molar-refractivity contribution >= 4 is 29.3 Å². The minimum Gasteiger partial charge on any atom is -0.497 e. The number of aryl methyl sites for hydroxylation is 1. The van der Waals surface area contributed by atoms with Gasteiger partial charge in [0, 0.05) is 16.8 Å². The molecule has 0 aromatic heterocycles. The topological polar surface area (TPSA) is 38.3 Å². The lowest BCUT2D eigenvalue weighted by Crippen LogP contribution is -2.07. The molecule has 1 amide bonds. The standard InChI is InChI=1S/C17H16ClNO2/c1-12-6-8-14(11-16(12)18)19-17(20)9-7-13-4-3-5-15(10-13)21-2/h3-11H,1-2H3,(H,19,20)/b9-7+. The number of amides is 1. The molecule has 3 nitrogen and oxygen atoms in total. The van der Waals surface area contributed by atoms with Gasteiger partial charge >= 0.3 is 0 Å². The molecule has 0 atom stereocenters. The molecule has 0 fully saturated rings. The van der Waals surface area contributed by atoms with Gasteiger partial charge in [0.15, 0.2) is 0 Å². The van der Waals surface area contributed by atoms with E-state index in [0.29, 0.717) is 10.7 Å². The number of ether oxygens (including phenoxy) is 1. The summed E-state index contributed by atoms with van der Waals surface area (Å²) in [4.78, 5) is 11.9. The van der Waals surface area contributed by atoms with Crippen LogP contribution in [0.2, 0.25) is 5.02 Å². The van der Waals surface area contributed by atoms with Gasteiger partial charge in [-0.15, -0.1) is 0 Å². The molecule has 108 valence electrons. The zero-order valence-corrected chi connectivity index (χ0v) is 12.6. The predicted octanol–water partition coefficient (Wildman–Crippen LogP) is 4.31. The van der Waals surface area contributed by atoms with Crippen LogP contribution in [-0.2, 0) is 4.79 Å². The van der Waals surface area contributed by atoms with Crippen LogP contribution in [0.5, 0.6) is 5.75 Å². The van der Waals surface area contributed by atoms with E-state index in [0.717, 1.165) is 16.9 Å². The van der Waals surface area contributed by atoms with E-state index >= 15 is 0 Å². The minimum atomic E-state index is -0.210. The van der Waals surface area contributed by atoms with Crippen LogP contribution in [-0.4, -0.2) is 13.0 Å². The van der Waals surface area contributed by atoms with Gasteiger partial charge in [0.25, 0.3) is 0 Å². The fraction of sp³-hybridized carbons (Fsp3) is 0.118. The largest absolute Gasteiger partial charge is 0.497 e. The molecular weight excluding hydrogens is 286 g/mol. The van der Waals surface area contributed by atoms with Crippen LogP contribution in [0.1, 0.15) is 11.1 Å². The van der Waals surface area contributed by atoms with E-state index in [2.05, 4.69) is 5.32 Å². The van der Waals surface area contributed by atoms with Crippen LogP contribution in [0, 0.1) is 6.92 Å². The molecule has 0 saturated carbocycles. The molecule has 0 aliphatic rings. The van der Waals surface area contributed by atoms with Crippen molar-refractivity contribution in [2.45, 2.75) is 6.92 Å². The van der Waals surface area contributed by atoms with E-state index in [9.17, 15) is 4.79 Å². The zero-order chi connectivity index (χ0) is 15.2. The third-order valence-electron chi connectivity index (χ3n) is 2.96. The fourth-order valence-electron chi connectivity index (χ4n) is 1.77. The van der Waals surface area contributed by atoms with Crippen LogP contribution >= 0.6 is 11.6 Å². The van der Waals surface area contributed by atoms with Gasteiger partial charge in [-0.3, -0.25) is 4.79 Å². The minimum absolute atomic E-state index is 0.210. The van der Waals surface area contributed by atoms with Gasteiger partial charge in [0.2, 0.25) is 5.91 Å². The van der Waals surface area contributed by atoms with Crippen LogP contribution in [0.3, 0.4) is 0 Å². The van der Waals surface area contributed by atoms with Crippen molar-refractivity contribution in [1.82, 2.24) is 0 Å². The number of carbonyl (C=O) groups excluding carboxylic acids is 1. The van der Waals surface area contributed by atoms with Gasteiger partial charge in [-0.05, 0) is 48.4 Å². The van der Waals surface area contributed by atoms with Crippen molar-refractivity contribution in [3.63, 3.8) is 0 Å². The molecule has 1 N–H and O–H groups in total. The number of hydrogen-bond acceptors (Lipinski definition) is 2. The highest BCUT2D eigenvalue weighted by atomic mass is 35.5. The highest BCUT2D eigenvalue weighted by molar-refractivity contribution is 6.31. The van der Waals surface area contributed by atoms with Crippen molar-refractivity contribution < 1.29 is 9.53 Å². The van der Waals surface area contributed by atoms with Crippen molar-refractivity contribution in [1.29, 1.82) is 0 Å². The Labute approximate surface area is 129 Å². The Balaban J connectivity index is 2.03. The number of benzene rings is 2. The van der Waals surface area contributed by atoms with E-state index < -0.39 is 0 Å². The monoisotopic (exact) mass is 301 g/mol. The first-order valence-corrected chi connectivity index (χ1v) is 6.85. The molecule has 2 rings (SSSR count). The first-order valence-electron chi connectivity index (χ1n) is 6.48. The number of nitrogens with one attached hydrogen (secondary N) is 1. The summed E-state index contributed by atoms with van der Waals surface area (Å²) in [6.45, 7) is 1.91. The normalized spacial score (nSPS) is 10.6. The summed E-state index contributed by atoms with van der Waals surface area (Å²) in [5.41, 5.74) is 2.54. The van der Waals surface area contributed by atoms with Gasteiger partial charge < -0.3 is 10.1 Å². The van der Waals surface area contributed by atoms with E-state index in [1.807, 2.05) is 43.3 Å². The molecule has 21 heavy (non-hydrogen) atoms. The van der Waals surface area contributed by atoms with Crippen molar-refractivity contribution in [2.24, 2.45) is 0 Å². The molecule has 0 spiro atoms. The summed E-state index contributed by atoms with van der Waals surface area (Å²) in [6.07, 6.45) is 3.20.